The highest BCUT2D eigenvalue weighted by molar-refractivity contribution is 6.31. The Morgan fingerprint density at radius 2 is 2.06 bits per heavy atom. The van der Waals surface area contributed by atoms with Gasteiger partial charge in [0.15, 0.2) is 0 Å². The number of rotatable bonds is 9. The van der Waals surface area contributed by atoms with Crippen molar-refractivity contribution < 1.29 is 4.79 Å². The van der Waals surface area contributed by atoms with Crippen molar-refractivity contribution in [3.05, 3.63) is 52.6 Å². The van der Waals surface area contributed by atoms with Crippen molar-refractivity contribution in [1.29, 1.82) is 0 Å². The van der Waals surface area contributed by atoms with Gasteiger partial charge in [-0.05, 0) is 44.4 Å². The molecule has 1 aliphatic heterocycles. The van der Waals surface area contributed by atoms with E-state index in [1.807, 2.05) is 48.0 Å². The van der Waals surface area contributed by atoms with E-state index in [1.54, 1.807) is 6.08 Å². The topological polar surface area (TPSA) is 54.3 Å². The van der Waals surface area contributed by atoms with Crippen LogP contribution in [-0.2, 0) is 17.8 Å². The maximum absolute atomic E-state index is 12.8. The van der Waals surface area contributed by atoms with E-state index in [4.69, 9.17) is 11.6 Å². The molecule has 2 aromatic rings. The number of piperidine rings is 1. The number of likely N-dealkylation sites (N-methyl/N-ethyl adjacent to an activating group) is 1. The first kappa shape index (κ1) is 23.5. The van der Waals surface area contributed by atoms with Crippen molar-refractivity contribution in [2.75, 3.05) is 26.7 Å². The van der Waals surface area contributed by atoms with Crippen molar-refractivity contribution in [3.8, 4) is 0 Å². The van der Waals surface area contributed by atoms with Crippen LogP contribution in [0, 0.1) is 6.92 Å². The number of nitrogens with zero attached hydrogens (tertiary/aromatic N) is 5. The highest BCUT2D eigenvalue weighted by Crippen LogP contribution is 2.22. The van der Waals surface area contributed by atoms with Crippen LogP contribution in [0.1, 0.15) is 49.6 Å². The number of pyridine rings is 1. The van der Waals surface area contributed by atoms with Crippen LogP contribution in [0.4, 0.5) is 0 Å². The molecule has 1 saturated heterocycles. The number of aryl methyl sites for hydroxylation is 2. The molecule has 1 amide bonds. The van der Waals surface area contributed by atoms with Crippen LogP contribution in [0.5, 0.6) is 0 Å². The number of unbranched alkanes of at least 4 members (excludes halogenated alkanes) is 1. The van der Waals surface area contributed by atoms with E-state index < -0.39 is 0 Å². The van der Waals surface area contributed by atoms with Crippen molar-refractivity contribution in [2.45, 2.75) is 58.5 Å². The minimum absolute atomic E-state index is 0.0173. The fourth-order valence-electron chi connectivity index (χ4n) is 4.01. The molecule has 0 aliphatic carbocycles. The largest absolute Gasteiger partial charge is 0.339 e. The SMILES string of the molecule is CCCCn1nc(C)c(/C=C/C(=O)N(C)C2CCN(CCc3ccccn3)CC2)c1Cl. The summed E-state index contributed by atoms with van der Waals surface area (Å²) in [5.41, 5.74) is 2.83. The molecule has 31 heavy (non-hydrogen) atoms. The van der Waals surface area contributed by atoms with Gasteiger partial charge in [0.1, 0.15) is 5.15 Å². The number of carbonyl (C=O) groups is 1. The fourth-order valence-corrected chi connectivity index (χ4v) is 4.34. The van der Waals surface area contributed by atoms with Crippen LogP contribution in [-0.4, -0.2) is 63.2 Å². The standard InChI is InChI=1S/C24H34ClN5O/c1-4-5-15-30-24(25)22(19(2)27-30)9-10-23(31)28(3)21-12-17-29(18-13-21)16-11-20-8-6-7-14-26-20/h6-10,14,21H,4-5,11-13,15-18H2,1-3H3/b10-9+. The zero-order chi connectivity index (χ0) is 22.2. The molecule has 0 spiro atoms. The Hall–Kier alpha value is -2.18. The molecule has 1 aliphatic rings. The molecule has 0 bridgehead atoms. The minimum atomic E-state index is 0.0173. The van der Waals surface area contributed by atoms with Gasteiger partial charge in [0.2, 0.25) is 5.91 Å². The van der Waals surface area contributed by atoms with Gasteiger partial charge in [-0.3, -0.25) is 14.5 Å². The van der Waals surface area contributed by atoms with Crippen molar-refractivity contribution in [3.63, 3.8) is 0 Å². The number of likely N-dealkylation sites (tertiary alicyclic amines) is 1. The van der Waals surface area contributed by atoms with E-state index in [2.05, 4.69) is 28.0 Å². The first-order chi connectivity index (χ1) is 15.0. The monoisotopic (exact) mass is 443 g/mol. The summed E-state index contributed by atoms with van der Waals surface area (Å²) in [4.78, 5) is 21.5. The molecular weight excluding hydrogens is 410 g/mol. The second kappa shape index (κ2) is 11.4. The number of halogens is 1. The quantitative estimate of drug-likeness (QED) is 0.544. The van der Waals surface area contributed by atoms with E-state index in [0.29, 0.717) is 5.15 Å². The maximum atomic E-state index is 12.8. The van der Waals surface area contributed by atoms with E-state index >= 15 is 0 Å². The van der Waals surface area contributed by atoms with Crippen LogP contribution >= 0.6 is 11.6 Å². The number of amides is 1. The average molecular weight is 444 g/mol. The van der Waals surface area contributed by atoms with Gasteiger partial charge in [-0.25, -0.2) is 0 Å². The number of aromatic nitrogens is 3. The summed E-state index contributed by atoms with van der Waals surface area (Å²) >= 11 is 6.48. The van der Waals surface area contributed by atoms with Crippen LogP contribution < -0.4 is 0 Å². The van der Waals surface area contributed by atoms with Crippen molar-refractivity contribution in [2.24, 2.45) is 0 Å². The molecule has 0 N–H and O–H groups in total. The molecule has 0 unspecified atom stereocenters. The summed E-state index contributed by atoms with van der Waals surface area (Å²) in [6.07, 6.45) is 10.4. The molecule has 2 aromatic heterocycles. The summed E-state index contributed by atoms with van der Waals surface area (Å²) in [5.74, 6) is 0.0173. The summed E-state index contributed by atoms with van der Waals surface area (Å²) in [7, 11) is 1.90. The van der Waals surface area contributed by atoms with Crippen LogP contribution in [0.2, 0.25) is 5.15 Å². The fraction of sp³-hybridized carbons (Fsp3) is 0.542. The first-order valence-electron chi connectivity index (χ1n) is 11.3. The summed E-state index contributed by atoms with van der Waals surface area (Å²) in [6, 6.07) is 6.33. The van der Waals surface area contributed by atoms with Crippen LogP contribution in [0.3, 0.4) is 0 Å². The molecule has 3 rings (SSSR count). The highest BCUT2D eigenvalue weighted by atomic mass is 35.5. The third kappa shape index (κ3) is 6.40. The molecule has 0 aromatic carbocycles. The zero-order valence-electron chi connectivity index (χ0n) is 18.9. The van der Waals surface area contributed by atoms with Gasteiger partial charge in [0.05, 0.1) is 5.69 Å². The Kier molecular flexibility index (Phi) is 8.67. The lowest BCUT2D eigenvalue weighted by atomic mass is 10.0. The van der Waals surface area contributed by atoms with Crippen LogP contribution in [0.25, 0.3) is 6.08 Å². The summed E-state index contributed by atoms with van der Waals surface area (Å²) in [6.45, 7) is 7.91. The van der Waals surface area contributed by atoms with Gasteiger partial charge in [0, 0.05) is 69.2 Å². The van der Waals surface area contributed by atoms with E-state index in [-0.39, 0.29) is 11.9 Å². The Labute approximate surface area is 190 Å². The molecule has 7 heteroatoms. The third-order valence-electron chi connectivity index (χ3n) is 6.09. The predicted molar refractivity (Wildman–Crippen MR) is 126 cm³/mol. The van der Waals surface area contributed by atoms with Gasteiger partial charge in [-0.2, -0.15) is 5.10 Å². The average Bonchev–Trinajstić information content (AvgIpc) is 3.07. The normalized spacial score (nSPS) is 15.6. The molecule has 0 atom stereocenters. The molecule has 0 saturated carbocycles. The van der Waals surface area contributed by atoms with Crippen LogP contribution in [0.15, 0.2) is 30.5 Å². The second-order valence-corrected chi connectivity index (χ2v) is 8.65. The minimum Gasteiger partial charge on any atom is -0.339 e. The smallest absolute Gasteiger partial charge is 0.246 e. The Bertz CT molecular complexity index is 872. The molecule has 1 fully saturated rings. The Morgan fingerprint density at radius 1 is 1.29 bits per heavy atom. The molecule has 6 nitrogen and oxygen atoms in total. The van der Waals surface area contributed by atoms with Gasteiger partial charge in [-0.15, -0.1) is 0 Å². The molecule has 3 heterocycles. The lowest BCUT2D eigenvalue weighted by Crippen LogP contribution is -2.45. The second-order valence-electron chi connectivity index (χ2n) is 8.29. The lowest BCUT2D eigenvalue weighted by Gasteiger charge is -2.36. The maximum Gasteiger partial charge on any atom is 0.246 e. The Balaban J connectivity index is 1.49. The number of carbonyl (C=O) groups excluding carboxylic acids is 1. The van der Waals surface area contributed by atoms with E-state index in [1.165, 1.54) is 0 Å². The highest BCUT2D eigenvalue weighted by Gasteiger charge is 2.24. The van der Waals surface area contributed by atoms with Gasteiger partial charge in [-0.1, -0.05) is 31.0 Å². The van der Waals surface area contributed by atoms with Gasteiger partial charge in [0.25, 0.3) is 0 Å². The van der Waals surface area contributed by atoms with Crippen molar-refractivity contribution >= 4 is 23.6 Å². The van der Waals surface area contributed by atoms with Gasteiger partial charge >= 0.3 is 0 Å². The predicted octanol–water partition coefficient (Wildman–Crippen LogP) is 4.22. The van der Waals surface area contributed by atoms with Gasteiger partial charge < -0.3 is 9.80 Å². The molecular formula is C24H34ClN5O. The van der Waals surface area contributed by atoms with E-state index in [0.717, 1.165) is 75.2 Å². The number of hydrogen-bond acceptors (Lipinski definition) is 4. The zero-order valence-corrected chi connectivity index (χ0v) is 19.7. The van der Waals surface area contributed by atoms with Crippen molar-refractivity contribution in [1.82, 2.24) is 24.6 Å². The summed E-state index contributed by atoms with van der Waals surface area (Å²) < 4.78 is 1.83. The Morgan fingerprint density at radius 3 is 2.74 bits per heavy atom. The lowest BCUT2D eigenvalue weighted by molar-refractivity contribution is -0.127. The number of hydrogen-bond donors (Lipinski definition) is 0. The molecule has 168 valence electrons. The third-order valence-corrected chi connectivity index (χ3v) is 6.49. The summed E-state index contributed by atoms with van der Waals surface area (Å²) in [5, 5.41) is 5.12. The first-order valence-corrected chi connectivity index (χ1v) is 11.7. The van der Waals surface area contributed by atoms with E-state index in [9.17, 15) is 4.79 Å². The molecule has 0 radical (unpaired) electrons.